The summed E-state index contributed by atoms with van der Waals surface area (Å²) in [5.41, 5.74) is 0.474. The summed E-state index contributed by atoms with van der Waals surface area (Å²) in [7, 11) is -1.42. The number of hydrogen-bond donors (Lipinski definition) is 0. The van der Waals surface area contributed by atoms with E-state index in [1.165, 1.54) is 11.3 Å². The van der Waals surface area contributed by atoms with Crippen molar-refractivity contribution in [3.8, 4) is 5.75 Å². The SMILES string of the molecule is CN1CCC2(CC1)CN(S(=O)(=O)c1cccs1)Cc1ccccc1O2. The molecule has 7 heteroatoms. The number of thiophene rings is 1. The molecule has 0 saturated carbocycles. The fourth-order valence-electron chi connectivity index (χ4n) is 3.56. The molecule has 0 atom stereocenters. The molecular formula is C18H22N2O3S2. The van der Waals surface area contributed by atoms with Crippen LogP contribution in [0.15, 0.2) is 46.0 Å². The van der Waals surface area contributed by atoms with E-state index in [1.54, 1.807) is 21.8 Å². The van der Waals surface area contributed by atoms with Crippen molar-refractivity contribution >= 4 is 21.4 Å². The Balaban J connectivity index is 1.75. The van der Waals surface area contributed by atoms with Gasteiger partial charge >= 0.3 is 0 Å². The van der Waals surface area contributed by atoms with Gasteiger partial charge in [0, 0.05) is 38.0 Å². The first-order valence-electron chi connectivity index (χ1n) is 8.48. The topological polar surface area (TPSA) is 49.9 Å². The van der Waals surface area contributed by atoms with E-state index in [-0.39, 0.29) is 0 Å². The smallest absolute Gasteiger partial charge is 0.252 e. The van der Waals surface area contributed by atoms with Crippen molar-refractivity contribution in [1.29, 1.82) is 0 Å². The maximum Gasteiger partial charge on any atom is 0.252 e. The van der Waals surface area contributed by atoms with Crippen LogP contribution in [0.25, 0.3) is 0 Å². The lowest BCUT2D eigenvalue weighted by Gasteiger charge is -2.41. The first-order chi connectivity index (χ1) is 12.0. The zero-order valence-electron chi connectivity index (χ0n) is 14.2. The van der Waals surface area contributed by atoms with E-state index in [1.807, 2.05) is 24.3 Å². The van der Waals surface area contributed by atoms with E-state index in [2.05, 4.69) is 11.9 Å². The van der Waals surface area contributed by atoms with Gasteiger partial charge in [0.25, 0.3) is 10.0 Å². The summed E-state index contributed by atoms with van der Waals surface area (Å²) in [6.45, 7) is 2.58. The van der Waals surface area contributed by atoms with Crippen molar-refractivity contribution in [3.63, 3.8) is 0 Å². The Morgan fingerprint density at radius 1 is 1.12 bits per heavy atom. The van der Waals surface area contributed by atoms with Crippen LogP contribution in [0.5, 0.6) is 5.75 Å². The van der Waals surface area contributed by atoms with E-state index in [9.17, 15) is 8.42 Å². The van der Waals surface area contributed by atoms with E-state index < -0.39 is 15.6 Å². The molecule has 2 aromatic rings. The van der Waals surface area contributed by atoms with Gasteiger partial charge in [0.15, 0.2) is 0 Å². The number of fused-ring (bicyclic) bond motifs is 1. The summed E-state index contributed by atoms with van der Waals surface area (Å²) in [6.07, 6.45) is 1.66. The molecule has 0 N–H and O–H groups in total. The maximum atomic E-state index is 13.2. The number of ether oxygens (including phenoxy) is 1. The Morgan fingerprint density at radius 2 is 1.88 bits per heavy atom. The van der Waals surface area contributed by atoms with E-state index >= 15 is 0 Å². The summed E-state index contributed by atoms with van der Waals surface area (Å²) in [4.78, 5) is 2.27. The van der Waals surface area contributed by atoms with Crippen LogP contribution in [0.4, 0.5) is 0 Å². The van der Waals surface area contributed by atoms with Gasteiger partial charge in [-0.05, 0) is 24.6 Å². The second kappa shape index (κ2) is 6.39. The van der Waals surface area contributed by atoms with Gasteiger partial charge in [-0.1, -0.05) is 24.3 Å². The highest BCUT2D eigenvalue weighted by Crippen LogP contribution is 2.37. The van der Waals surface area contributed by atoms with Crippen molar-refractivity contribution in [2.45, 2.75) is 29.2 Å². The molecule has 0 amide bonds. The second-order valence-electron chi connectivity index (χ2n) is 6.90. The monoisotopic (exact) mass is 378 g/mol. The molecule has 5 nitrogen and oxygen atoms in total. The molecule has 3 heterocycles. The fraction of sp³-hybridized carbons (Fsp3) is 0.444. The van der Waals surface area contributed by atoms with E-state index in [4.69, 9.17) is 4.74 Å². The van der Waals surface area contributed by atoms with Crippen molar-refractivity contribution in [3.05, 3.63) is 47.3 Å². The highest BCUT2D eigenvalue weighted by Gasteiger charge is 2.43. The Kier molecular flexibility index (Phi) is 4.35. The van der Waals surface area contributed by atoms with Crippen LogP contribution in [0.3, 0.4) is 0 Å². The lowest BCUT2D eigenvalue weighted by molar-refractivity contribution is 0.000489. The molecule has 1 aromatic carbocycles. The summed E-state index contributed by atoms with van der Waals surface area (Å²) < 4.78 is 34.8. The van der Waals surface area contributed by atoms with Gasteiger partial charge in [-0.2, -0.15) is 4.31 Å². The number of benzene rings is 1. The minimum absolute atomic E-state index is 0.355. The quantitative estimate of drug-likeness (QED) is 0.806. The Bertz CT molecular complexity index is 841. The molecule has 0 unspecified atom stereocenters. The van der Waals surface area contributed by atoms with E-state index in [0.29, 0.717) is 17.3 Å². The van der Waals surface area contributed by atoms with Gasteiger partial charge < -0.3 is 9.64 Å². The van der Waals surface area contributed by atoms with Crippen LogP contribution in [0.1, 0.15) is 18.4 Å². The molecule has 0 radical (unpaired) electrons. The highest BCUT2D eigenvalue weighted by atomic mass is 32.2. The predicted octanol–water partition coefficient (Wildman–Crippen LogP) is 2.80. The predicted molar refractivity (Wildman–Crippen MR) is 98.4 cm³/mol. The number of para-hydroxylation sites is 1. The Labute approximate surface area is 152 Å². The van der Waals surface area contributed by atoms with Crippen LogP contribution in [-0.2, 0) is 16.6 Å². The Morgan fingerprint density at radius 3 is 2.60 bits per heavy atom. The number of sulfonamides is 1. The molecule has 1 aromatic heterocycles. The lowest BCUT2D eigenvalue weighted by atomic mass is 9.91. The summed E-state index contributed by atoms with van der Waals surface area (Å²) in [5, 5.41) is 1.81. The molecule has 1 saturated heterocycles. The number of likely N-dealkylation sites (tertiary alicyclic amines) is 1. The average Bonchev–Trinajstić information content (AvgIpc) is 3.09. The average molecular weight is 379 g/mol. The third-order valence-corrected chi connectivity index (χ3v) is 8.26. The standard InChI is InChI=1S/C18H22N2O3S2/c1-19-10-8-18(9-11-19)14-20(25(21,22)17-7-4-12-24-17)13-15-5-2-3-6-16(15)23-18/h2-7,12H,8-11,13-14H2,1H3. The van der Waals surface area contributed by atoms with Crippen LogP contribution in [0.2, 0.25) is 0 Å². The summed E-state index contributed by atoms with van der Waals surface area (Å²) >= 11 is 1.27. The molecule has 2 aliphatic rings. The lowest BCUT2D eigenvalue weighted by Crippen LogP contribution is -2.53. The normalized spacial score (nSPS) is 21.5. The van der Waals surface area contributed by atoms with Crippen molar-refractivity contribution in [2.24, 2.45) is 0 Å². The number of piperidine rings is 1. The molecule has 134 valence electrons. The van der Waals surface area contributed by atoms with Gasteiger partial charge in [0.1, 0.15) is 15.6 Å². The summed E-state index contributed by atoms with van der Waals surface area (Å²) in [6, 6.07) is 11.3. The Hall–Kier alpha value is -1.41. The van der Waals surface area contributed by atoms with Crippen molar-refractivity contribution < 1.29 is 13.2 Å². The van der Waals surface area contributed by atoms with Gasteiger partial charge in [-0.3, -0.25) is 0 Å². The largest absolute Gasteiger partial charge is 0.485 e. The molecule has 0 bridgehead atoms. The van der Waals surface area contributed by atoms with Crippen molar-refractivity contribution in [2.75, 3.05) is 26.7 Å². The van der Waals surface area contributed by atoms with Crippen LogP contribution in [-0.4, -0.2) is 49.9 Å². The highest BCUT2D eigenvalue weighted by molar-refractivity contribution is 7.91. The fourth-order valence-corrected chi connectivity index (χ4v) is 6.20. The molecule has 1 spiro atoms. The molecule has 0 aliphatic carbocycles. The van der Waals surface area contributed by atoms with E-state index in [0.717, 1.165) is 37.2 Å². The minimum atomic E-state index is -3.52. The molecule has 1 fully saturated rings. The van der Waals surface area contributed by atoms with Crippen molar-refractivity contribution in [1.82, 2.24) is 9.21 Å². The number of hydrogen-bond acceptors (Lipinski definition) is 5. The van der Waals surface area contributed by atoms with Crippen LogP contribution in [0, 0.1) is 0 Å². The second-order valence-corrected chi connectivity index (χ2v) is 10.0. The number of rotatable bonds is 2. The number of nitrogens with zero attached hydrogens (tertiary/aromatic N) is 2. The molecular weight excluding hydrogens is 356 g/mol. The zero-order chi connectivity index (χ0) is 17.5. The molecule has 2 aliphatic heterocycles. The molecule has 25 heavy (non-hydrogen) atoms. The third-order valence-electron chi connectivity index (χ3n) is 5.10. The first-order valence-corrected chi connectivity index (χ1v) is 10.8. The first kappa shape index (κ1) is 17.0. The molecule has 4 rings (SSSR count). The van der Waals surface area contributed by atoms with Crippen LogP contribution < -0.4 is 4.74 Å². The van der Waals surface area contributed by atoms with Gasteiger partial charge in [-0.15, -0.1) is 11.3 Å². The van der Waals surface area contributed by atoms with Gasteiger partial charge in [0.05, 0.1) is 6.54 Å². The third kappa shape index (κ3) is 3.21. The van der Waals surface area contributed by atoms with Gasteiger partial charge in [0.2, 0.25) is 0 Å². The zero-order valence-corrected chi connectivity index (χ0v) is 15.9. The van der Waals surface area contributed by atoms with Crippen LogP contribution >= 0.6 is 11.3 Å². The maximum absolute atomic E-state index is 13.2. The summed E-state index contributed by atoms with van der Waals surface area (Å²) in [5.74, 6) is 0.816. The minimum Gasteiger partial charge on any atom is -0.485 e. The van der Waals surface area contributed by atoms with Gasteiger partial charge in [-0.25, -0.2) is 8.42 Å².